The fourth-order valence-electron chi connectivity index (χ4n) is 0.978. The van der Waals surface area contributed by atoms with Gasteiger partial charge in [0.25, 0.3) is 0 Å². The van der Waals surface area contributed by atoms with Crippen molar-refractivity contribution in [3.05, 3.63) is 9.47 Å². The van der Waals surface area contributed by atoms with E-state index in [1.807, 2.05) is 0 Å². The smallest absolute Gasteiger partial charge is 0.207 e. The second-order valence-corrected chi connectivity index (χ2v) is 4.77. The Morgan fingerprint density at radius 3 is 2.69 bits per heavy atom. The van der Waals surface area contributed by atoms with E-state index in [9.17, 15) is 0 Å². The summed E-state index contributed by atoms with van der Waals surface area (Å²) in [5, 5.41) is 8.71. The lowest BCUT2D eigenvalue weighted by Crippen LogP contribution is -2.27. The fourth-order valence-corrected chi connectivity index (χ4v) is 1.91. The number of nitrogens with zero attached hydrogens (tertiary/aromatic N) is 3. The van der Waals surface area contributed by atoms with Crippen LogP contribution in [0.5, 0.6) is 0 Å². The molecule has 0 aliphatic rings. The highest BCUT2D eigenvalue weighted by Gasteiger charge is 2.10. The van der Waals surface area contributed by atoms with E-state index in [4.69, 9.17) is 11.6 Å². The number of hydrogen-bond acceptors (Lipinski definition) is 4. The first-order valence-electron chi connectivity index (χ1n) is 4.31. The first kappa shape index (κ1) is 10.9. The topological polar surface area (TPSA) is 29.0 Å². The molecule has 0 aliphatic carbocycles. The molecule has 0 spiro atoms. The van der Waals surface area contributed by atoms with Crippen LogP contribution in [0.3, 0.4) is 0 Å². The molecule has 0 aromatic carbocycles. The molecule has 1 heterocycles. The SMILES string of the molecule is CCC(C)N(C)Cc1nnc(Cl)s1. The summed E-state index contributed by atoms with van der Waals surface area (Å²) in [6.45, 7) is 5.20. The highest BCUT2D eigenvalue weighted by Crippen LogP contribution is 2.17. The second-order valence-electron chi connectivity index (χ2n) is 3.12. The molecule has 1 atom stereocenters. The zero-order valence-electron chi connectivity index (χ0n) is 8.12. The first-order chi connectivity index (χ1) is 6.13. The summed E-state index contributed by atoms with van der Waals surface area (Å²) in [6, 6.07) is 0.572. The van der Waals surface area contributed by atoms with Gasteiger partial charge >= 0.3 is 0 Å². The molecule has 3 nitrogen and oxygen atoms in total. The van der Waals surface area contributed by atoms with Gasteiger partial charge in [0.15, 0.2) is 0 Å². The zero-order valence-corrected chi connectivity index (χ0v) is 9.69. The molecule has 13 heavy (non-hydrogen) atoms. The van der Waals surface area contributed by atoms with Gasteiger partial charge in [0, 0.05) is 6.04 Å². The summed E-state index contributed by atoms with van der Waals surface area (Å²) in [5.41, 5.74) is 0. The number of aromatic nitrogens is 2. The van der Waals surface area contributed by atoms with Crippen LogP contribution >= 0.6 is 22.9 Å². The van der Waals surface area contributed by atoms with Gasteiger partial charge in [-0.25, -0.2) is 0 Å². The van der Waals surface area contributed by atoms with Crippen LogP contribution in [0.15, 0.2) is 0 Å². The Balaban J connectivity index is 2.49. The first-order valence-corrected chi connectivity index (χ1v) is 5.51. The molecule has 1 rings (SSSR count). The van der Waals surface area contributed by atoms with Crippen molar-refractivity contribution < 1.29 is 0 Å². The lowest BCUT2D eigenvalue weighted by molar-refractivity contribution is 0.243. The van der Waals surface area contributed by atoms with Gasteiger partial charge < -0.3 is 0 Å². The van der Waals surface area contributed by atoms with E-state index >= 15 is 0 Å². The highest BCUT2D eigenvalue weighted by atomic mass is 35.5. The van der Waals surface area contributed by atoms with Crippen molar-refractivity contribution >= 4 is 22.9 Å². The van der Waals surface area contributed by atoms with Gasteiger partial charge in [-0.2, -0.15) is 0 Å². The minimum absolute atomic E-state index is 0.521. The van der Waals surface area contributed by atoms with E-state index in [-0.39, 0.29) is 0 Å². The Morgan fingerprint density at radius 1 is 1.54 bits per heavy atom. The predicted octanol–water partition coefficient (Wildman–Crippen LogP) is 2.42. The van der Waals surface area contributed by atoms with Gasteiger partial charge in [0.05, 0.1) is 6.54 Å². The molecule has 0 fully saturated rings. The molecule has 74 valence electrons. The van der Waals surface area contributed by atoms with Crippen LogP contribution in [0.1, 0.15) is 25.3 Å². The van der Waals surface area contributed by atoms with Crippen LogP contribution in [-0.4, -0.2) is 28.2 Å². The lowest BCUT2D eigenvalue weighted by Gasteiger charge is -2.21. The zero-order chi connectivity index (χ0) is 9.84. The summed E-state index contributed by atoms with van der Waals surface area (Å²) in [6.07, 6.45) is 1.14. The molecule has 0 saturated heterocycles. The van der Waals surface area contributed by atoms with Crippen LogP contribution in [0.25, 0.3) is 0 Å². The van der Waals surface area contributed by atoms with Crippen molar-refractivity contribution in [2.45, 2.75) is 32.9 Å². The molecule has 0 aliphatic heterocycles. The third-order valence-electron chi connectivity index (χ3n) is 2.17. The van der Waals surface area contributed by atoms with E-state index in [2.05, 4.69) is 36.0 Å². The van der Waals surface area contributed by atoms with Gasteiger partial charge in [-0.1, -0.05) is 18.3 Å². The molecule has 0 bridgehead atoms. The fraction of sp³-hybridized carbons (Fsp3) is 0.750. The van der Waals surface area contributed by atoms with E-state index in [0.717, 1.165) is 18.0 Å². The number of halogens is 1. The summed E-state index contributed by atoms with van der Waals surface area (Å²) in [5.74, 6) is 0. The van der Waals surface area contributed by atoms with Crippen molar-refractivity contribution in [3.8, 4) is 0 Å². The van der Waals surface area contributed by atoms with Crippen LogP contribution in [0.2, 0.25) is 4.47 Å². The monoisotopic (exact) mass is 219 g/mol. The second kappa shape index (κ2) is 4.88. The maximum absolute atomic E-state index is 5.68. The highest BCUT2D eigenvalue weighted by molar-refractivity contribution is 7.15. The molecular formula is C8H14ClN3S. The predicted molar refractivity (Wildman–Crippen MR) is 56.1 cm³/mol. The van der Waals surface area contributed by atoms with Crippen LogP contribution in [-0.2, 0) is 6.54 Å². The molecule has 1 aromatic rings. The quantitative estimate of drug-likeness (QED) is 0.779. The molecule has 1 unspecified atom stereocenters. The van der Waals surface area contributed by atoms with Crippen molar-refractivity contribution in [1.82, 2.24) is 15.1 Å². The van der Waals surface area contributed by atoms with Crippen molar-refractivity contribution in [2.24, 2.45) is 0 Å². The maximum Gasteiger partial charge on any atom is 0.207 e. The van der Waals surface area contributed by atoms with Crippen LogP contribution < -0.4 is 0 Å². The molecular weight excluding hydrogens is 206 g/mol. The summed E-state index contributed by atoms with van der Waals surface area (Å²) in [4.78, 5) is 2.25. The third kappa shape index (κ3) is 3.21. The van der Waals surface area contributed by atoms with Gasteiger partial charge in [0.1, 0.15) is 5.01 Å². The van der Waals surface area contributed by atoms with E-state index in [0.29, 0.717) is 10.5 Å². The van der Waals surface area contributed by atoms with Gasteiger partial charge in [0.2, 0.25) is 4.47 Å². The molecule has 0 saturated carbocycles. The Bertz CT molecular complexity index is 264. The molecule has 5 heteroatoms. The Kier molecular flexibility index (Phi) is 4.09. The standard InChI is InChI=1S/C8H14ClN3S/c1-4-6(2)12(3)5-7-10-11-8(9)13-7/h6H,4-5H2,1-3H3. The Morgan fingerprint density at radius 2 is 2.23 bits per heavy atom. The van der Waals surface area contributed by atoms with Gasteiger partial charge in [-0.15, -0.1) is 10.2 Å². The summed E-state index contributed by atoms with van der Waals surface area (Å²) < 4.78 is 0.521. The molecule has 1 aromatic heterocycles. The lowest BCUT2D eigenvalue weighted by atomic mass is 10.2. The van der Waals surface area contributed by atoms with Crippen LogP contribution in [0, 0.1) is 0 Å². The minimum atomic E-state index is 0.521. The molecule has 0 amide bonds. The number of rotatable bonds is 4. The summed E-state index contributed by atoms with van der Waals surface area (Å²) in [7, 11) is 2.09. The molecule has 0 N–H and O–H groups in total. The Hall–Kier alpha value is -0.190. The average molecular weight is 220 g/mol. The largest absolute Gasteiger partial charge is 0.297 e. The van der Waals surface area contributed by atoms with Gasteiger partial charge in [-0.05, 0) is 32.0 Å². The summed E-state index contributed by atoms with van der Waals surface area (Å²) >= 11 is 7.13. The van der Waals surface area contributed by atoms with E-state index in [1.165, 1.54) is 11.3 Å². The van der Waals surface area contributed by atoms with Crippen LogP contribution in [0.4, 0.5) is 0 Å². The van der Waals surface area contributed by atoms with Gasteiger partial charge in [-0.3, -0.25) is 4.90 Å². The molecule has 0 radical (unpaired) electrons. The number of hydrogen-bond donors (Lipinski definition) is 0. The van der Waals surface area contributed by atoms with Crippen molar-refractivity contribution in [1.29, 1.82) is 0 Å². The maximum atomic E-state index is 5.68. The van der Waals surface area contributed by atoms with E-state index < -0.39 is 0 Å². The van der Waals surface area contributed by atoms with E-state index in [1.54, 1.807) is 0 Å². The van der Waals surface area contributed by atoms with Crippen molar-refractivity contribution in [3.63, 3.8) is 0 Å². The Labute approximate surface area is 87.7 Å². The minimum Gasteiger partial charge on any atom is -0.297 e. The average Bonchev–Trinajstić information content (AvgIpc) is 2.49. The normalized spacial score (nSPS) is 13.6. The van der Waals surface area contributed by atoms with Crippen molar-refractivity contribution in [2.75, 3.05) is 7.05 Å². The third-order valence-corrected chi connectivity index (χ3v) is 3.17.